The van der Waals surface area contributed by atoms with Crippen LogP contribution >= 0.6 is 0 Å². The summed E-state index contributed by atoms with van der Waals surface area (Å²) in [6.45, 7) is 7.37. The zero-order valence-electron chi connectivity index (χ0n) is 20.6. The van der Waals surface area contributed by atoms with E-state index in [1.165, 1.54) is 44.5 Å². The smallest absolute Gasteiger partial charge is 0.331 e. The largest absolute Gasteiger partial charge is 0.427 e. The van der Waals surface area contributed by atoms with Gasteiger partial charge in [0.05, 0.1) is 16.6 Å². The van der Waals surface area contributed by atoms with Crippen molar-refractivity contribution in [2.45, 2.75) is 44.3 Å². The molecule has 0 saturated carbocycles. The lowest BCUT2D eigenvalue weighted by Gasteiger charge is -2.37. The van der Waals surface area contributed by atoms with E-state index in [-0.39, 0.29) is 0 Å². The van der Waals surface area contributed by atoms with Gasteiger partial charge in [0, 0.05) is 0 Å². The first-order valence-corrected chi connectivity index (χ1v) is 12.1. The average Bonchev–Trinajstić information content (AvgIpc) is 3.29. The second kappa shape index (κ2) is 7.46. The van der Waals surface area contributed by atoms with Crippen molar-refractivity contribution in [1.29, 1.82) is 0 Å². The zero-order chi connectivity index (χ0) is 24.6. The Morgan fingerprint density at radius 3 is 2.03 bits per heavy atom. The van der Waals surface area contributed by atoms with Crippen LogP contribution in [-0.4, -0.2) is 31.6 Å². The monoisotopic (exact) mass is 453 g/mol. The molecule has 0 aliphatic heterocycles. The summed E-state index contributed by atoms with van der Waals surface area (Å²) in [6.07, 6.45) is 0. The van der Waals surface area contributed by atoms with Gasteiger partial charge in [0.2, 0.25) is 0 Å². The predicted molar refractivity (Wildman–Crippen MR) is 145 cm³/mol. The third-order valence-corrected chi connectivity index (χ3v) is 8.12. The Kier molecular flexibility index (Phi) is 4.78. The lowest BCUT2D eigenvalue weighted by atomic mass is 9.69. The van der Waals surface area contributed by atoms with Crippen LogP contribution in [0.25, 0.3) is 22.3 Å². The van der Waals surface area contributed by atoms with Gasteiger partial charge < -0.3 is 9.76 Å². The molecule has 0 bridgehead atoms. The summed E-state index contributed by atoms with van der Waals surface area (Å²) in [4.78, 5) is 0. The summed E-state index contributed by atoms with van der Waals surface area (Å²) in [5, 5.41) is 10.6. The molecule has 2 aliphatic carbocycles. The Balaban J connectivity index is 1.63. The normalized spacial score (nSPS) is 17.6. The number of hydrogen-bond donors (Lipinski definition) is 1. The Hall–Kier alpha value is -3.07. The van der Waals surface area contributed by atoms with E-state index < -0.39 is 16.6 Å². The first-order valence-electron chi connectivity index (χ1n) is 12.1. The summed E-state index contributed by atoms with van der Waals surface area (Å²) in [5.41, 5.74) is 9.40. The van der Waals surface area contributed by atoms with Gasteiger partial charge in [-0.05, 0) is 77.7 Å². The fraction of sp³-hybridized carbons (Fsp3) is 0.226. The summed E-state index contributed by atoms with van der Waals surface area (Å²) in [7, 11) is 8.19. The standard InChI is InChI=1S/C31H27B2O2/c1-29(2,34)30(3,4)35-33-27-15-9-14-25-28(27)22-11-6-8-13-24(22)31(25)23-12-7-5-10-20(23)21-17-16-19(32)18-26(21)31/h5-18,34H,1-4H3. The van der Waals surface area contributed by atoms with E-state index in [0.717, 1.165) is 10.9 Å². The Bertz CT molecular complexity index is 1480. The van der Waals surface area contributed by atoms with E-state index in [9.17, 15) is 5.11 Å². The number of hydrogen-bond acceptors (Lipinski definition) is 2. The molecule has 0 aromatic heterocycles. The molecular formula is C31H27B2O2. The molecule has 1 spiro atoms. The van der Waals surface area contributed by atoms with Crippen LogP contribution in [0.1, 0.15) is 49.9 Å². The summed E-state index contributed by atoms with van der Waals surface area (Å²) >= 11 is 0. The molecule has 1 atom stereocenters. The van der Waals surface area contributed by atoms with E-state index >= 15 is 0 Å². The minimum Gasteiger partial charge on any atom is -0.427 e. The highest BCUT2D eigenvalue weighted by atomic mass is 16.5. The van der Waals surface area contributed by atoms with Gasteiger partial charge in [0.1, 0.15) is 7.85 Å². The molecular weight excluding hydrogens is 426 g/mol. The molecule has 0 heterocycles. The quantitative estimate of drug-likeness (QED) is 0.395. The van der Waals surface area contributed by atoms with E-state index in [4.69, 9.17) is 12.5 Å². The molecule has 2 aliphatic rings. The Morgan fingerprint density at radius 2 is 1.31 bits per heavy atom. The maximum atomic E-state index is 10.6. The van der Waals surface area contributed by atoms with Crippen molar-refractivity contribution in [3.63, 3.8) is 0 Å². The fourth-order valence-electron chi connectivity index (χ4n) is 5.69. The molecule has 2 nitrogen and oxygen atoms in total. The van der Waals surface area contributed by atoms with Gasteiger partial charge in [-0.15, -0.1) is 0 Å². The summed E-state index contributed by atoms with van der Waals surface area (Å²) < 4.78 is 6.23. The van der Waals surface area contributed by atoms with Crippen LogP contribution in [-0.2, 0) is 10.1 Å². The molecule has 4 aromatic rings. The molecule has 6 rings (SSSR count). The van der Waals surface area contributed by atoms with Crippen molar-refractivity contribution in [3.05, 3.63) is 107 Å². The summed E-state index contributed by atoms with van der Waals surface area (Å²) in [5.74, 6) is 0. The van der Waals surface area contributed by atoms with Crippen molar-refractivity contribution in [3.8, 4) is 22.3 Å². The minimum atomic E-state index is -0.999. The second-order valence-corrected chi connectivity index (χ2v) is 10.7. The van der Waals surface area contributed by atoms with Crippen LogP contribution in [0.5, 0.6) is 0 Å². The maximum Gasteiger partial charge on any atom is 0.331 e. The predicted octanol–water partition coefficient (Wildman–Crippen LogP) is 4.63. The molecule has 0 fully saturated rings. The van der Waals surface area contributed by atoms with Crippen molar-refractivity contribution in [1.82, 2.24) is 0 Å². The zero-order valence-corrected chi connectivity index (χ0v) is 20.6. The molecule has 0 saturated heterocycles. The van der Waals surface area contributed by atoms with Gasteiger partial charge in [-0.25, -0.2) is 0 Å². The Labute approximate surface area is 209 Å². The topological polar surface area (TPSA) is 29.5 Å². The molecule has 0 amide bonds. The lowest BCUT2D eigenvalue weighted by molar-refractivity contribution is -0.0893. The third kappa shape index (κ3) is 3.00. The maximum absolute atomic E-state index is 10.6. The molecule has 169 valence electrons. The van der Waals surface area contributed by atoms with Gasteiger partial charge >= 0.3 is 7.48 Å². The van der Waals surface area contributed by atoms with Crippen molar-refractivity contribution in [2.24, 2.45) is 0 Å². The highest BCUT2D eigenvalue weighted by molar-refractivity contribution is 6.50. The molecule has 3 radical (unpaired) electrons. The van der Waals surface area contributed by atoms with Gasteiger partial charge in [0.15, 0.2) is 0 Å². The minimum absolute atomic E-state index is 0.442. The highest BCUT2D eigenvalue weighted by Crippen LogP contribution is 2.62. The summed E-state index contributed by atoms with van der Waals surface area (Å²) in [6, 6.07) is 30.1. The van der Waals surface area contributed by atoms with Gasteiger partial charge in [-0.3, -0.25) is 0 Å². The van der Waals surface area contributed by atoms with Crippen LogP contribution < -0.4 is 10.9 Å². The van der Waals surface area contributed by atoms with Crippen LogP contribution in [0, 0.1) is 0 Å². The van der Waals surface area contributed by atoms with Gasteiger partial charge in [0.25, 0.3) is 0 Å². The number of aliphatic hydroxyl groups is 1. The van der Waals surface area contributed by atoms with Gasteiger partial charge in [-0.2, -0.15) is 0 Å². The molecule has 35 heavy (non-hydrogen) atoms. The van der Waals surface area contributed by atoms with E-state index in [1.807, 2.05) is 27.4 Å². The SMILES string of the molecule is [B]c1ccc2c(c1)C1(c3ccccc3-2)c2ccccc2-c2c([B]OC(C)(C)C(C)(C)O)cccc21. The fourth-order valence-corrected chi connectivity index (χ4v) is 5.69. The van der Waals surface area contributed by atoms with E-state index in [2.05, 4.69) is 78.9 Å². The van der Waals surface area contributed by atoms with Crippen molar-refractivity contribution >= 4 is 26.3 Å². The number of fused-ring (bicyclic) bond motifs is 10. The van der Waals surface area contributed by atoms with Crippen molar-refractivity contribution < 1.29 is 9.76 Å². The van der Waals surface area contributed by atoms with E-state index in [0.29, 0.717) is 0 Å². The molecule has 1 N–H and O–H groups in total. The van der Waals surface area contributed by atoms with Crippen LogP contribution in [0.15, 0.2) is 84.9 Å². The molecule has 4 heteroatoms. The highest BCUT2D eigenvalue weighted by Gasteiger charge is 2.52. The second-order valence-electron chi connectivity index (χ2n) is 10.7. The van der Waals surface area contributed by atoms with Gasteiger partial charge in [-0.1, -0.05) is 90.4 Å². The molecule has 1 unspecified atom stereocenters. The molecule has 4 aromatic carbocycles. The third-order valence-electron chi connectivity index (χ3n) is 8.12. The lowest BCUT2D eigenvalue weighted by Crippen LogP contribution is -2.49. The number of benzene rings is 4. The van der Waals surface area contributed by atoms with Crippen LogP contribution in [0.4, 0.5) is 0 Å². The Morgan fingerprint density at radius 1 is 0.714 bits per heavy atom. The van der Waals surface area contributed by atoms with Crippen molar-refractivity contribution in [2.75, 3.05) is 0 Å². The van der Waals surface area contributed by atoms with Crippen LogP contribution in [0.3, 0.4) is 0 Å². The first-order chi connectivity index (χ1) is 16.7. The number of rotatable bonds is 4. The van der Waals surface area contributed by atoms with E-state index in [1.54, 1.807) is 13.8 Å². The van der Waals surface area contributed by atoms with Crippen LogP contribution in [0.2, 0.25) is 0 Å². The first kappa shape index (κ1) is 22.4. The average molecular weight is 453 g/mol.